The second kappa shape index (κ2) is 7.99. The zero-order valence-corrected chi connectivity index (χ0v) is 15.4. The lowest BCUT2D eigenvalue weighted by Gasteiger charge is -2.12. The summed E-state index contributed by atoms with van der Waals surface area (Å²) >= 11 is 0. The van der Waals surface area contributed by atoms with Crippen LogP contribution < -0.4 is 5.32 Å². The SMILES string of the molecule is Cc1c(-c2cc(C(=O)NC(C)CCCc3ccccc3)no2)cnn1C. The molecule has 136 valence electrons. The van der Waals surface area contributed by atoms with Crippen LogP contribution in [0.15, 0.2) is 47.1 Å². The van der Waals surface area contributed by atoms with Gasteiger partial charge in [-0.05, 0) is 38.7 Å². The van der Waals surface area contributed by atoms with Crippen molar-refractivity contribution in [2.45, 2.75) is 39.2 Å². The molecule has 0 fully saturated rings. The molecule has 0 spiro atoms. The summed E-state index contributed by atoms with van der Waals surface area (Å²) in [7, 11) is 1.86. The van der Waals surface area contributed by atoms with Crippen LogP contribution in [0.2, 0.25) is 0 Å². The van der Waals surface area contributed by atoms with E-state index in [1.165, 1.54) is 5.56 Å². The molecule has 0 saturated heterocycles. The van der Waals surface area contributed by atoms with Gasteiger partial charge < -0.3 is 9.84 Å². The van der Waals surface area contributed by atoms with Gasteiger partial charge in [-0.3, -0.25) is 9.48 Å². The van der Waals surface area contributed by atoms with Crippen LogP contribution in [0, 0.1) is 6.92 Å². The fourth-order valence-corrected chi connectivity index (χ4v) is 2.88. The molecule has 2 heterocycles. The number of aromatic nitrogens is 3. The summed E-state index contributed by atoms with van der Waals surface area (Å²) in [6, 6.07) is 12.1. The van der Waals surface area contributed by atoms with Crippen molar-refractivity contribution in [3.8, 4) is 11.3 Å². The minimum absolute atomic E-state index is 0.0755. The van der Waals surface area contributed by atoms with Gasteiger partial charge in [-0.25, -0.2) is 0 Å². The molecule has 0 aliphatic heterocycles. The second-order valence-corrected chi connectivity index (χ2v) is 6.60. The summed E-state index contributed by atoms with van der Waals surface area (Å²) in [4.78, 5) is 12.4. The summed E-state index contributed by atoms with van der Waals surface area (Å²) in [5.41, 5.74) is 3.41. The summed E-state index contributed by atoms with van der Waals surface area (Å²) in [5, 5.41) is 11.1. The van der Waals surface area contributed by atoms with Crippen LogP contribution >= 0.6 is 0 Å². The van der Waals surface area contributed by atoms with Crippen LogP contribution in [0.4, 0.5) is 0 Å². The number of hydrogen-bond acceptors (Lipinski definition) is 4. The minimum atomic E-state index is -0.214. The van der Waals surface area contributed by atoms with Gasteiger partial charge in [-0.2, -0.15) is 5.10 Å². The van der Waals surface area contributed by atoms with Crippen LogP contribution in [-0.4, -0.2) is 26.9 Å². The highest BCUT2D eigenvalue weighted by molar-refractivity contribution is 5.93. The quantitative estimate of drug-likeness (QED) is 0.706. The highest BCUT2D eigenvalue weighted by Gasteiger charge is 2.18. The van der Waals surface area contributed by atoms with Crippen molar-refractivity contribution in [3.05, 3.63) is 59.5 Å². The van der Waals surface area contributed by atoms with Crippen molar-refractivity contribution < 1.29 is 9.32 Å². The highest BCUT2D eigenvalue weighted by Crippen LogP contribution is 2.23. The molecule has 1 unspecified atom stereocenters. The maximum atomic E-state index is 12.4. The number of rotatable bonds is 7. The Balaban J connectivity index is 1.52. The normalized spacial score (nSPS) is 12.1. The maximum absolute atomic E-state index is 12.4. The Hall–Kier alpha value is -2.89. The molecule has 3 rings (SSSR count). The average molecular weight is 352 g/mol. The zero-order chi connectivity index (χ0) is 18.5. The number of amides is 1. The summed E-state index contributed by atoms with van der Waals surface area (Å²) in [6.07, 6.45) is 4.65. The monoisotopic (exact) mass is 352 g/mol. The van der Waals surface area contributed by atoms with E-state index >= 15 is 0 Å². The maximum Gasteiger partial charge on any atom is 0.273 e. The van der Waals surface area contributed by atoms with Gasteiger partial charge in [0.1, 0.15) is 0 Å². The Labute approximate surface area is 153 Å². The number of nitrogens with zero attached hydrogens (tertiary/aromatic N) is 3. The molecule has 1 amide bonds. The van der Waals surface area contributed by atoms with Crippen molar-refractivity contribution in [2.75, 3.05) is 0 Å². The fraction of sp³-hybridized carbons (Fsp3) is 0.350. The number of carbonyl (C=O) groups is 1. The molecule has 6 heteroatoms. The van der Waals surface area contributed by atoms with E-state index in [9.17, 15) is 4.79 Å². The van der Waals surface area contributed by atoms with Crippen molar-refractivity contribution >= 4 is 5.91 Å². The first-order valence-electron chi connectivity index (χ1n) is 8.85. The molecule has 1 atom stereocenters. The van der Waals surface area contributed by atoms with Crippen molar-refractivity contribution in [2.24, 2.45) is 7.05 Å². The van der Waals surface area contributed by atoms with Crippen LogP contribution in [0.5, 0.6) is 0 Å². The van der Waals surface area contributed by atoms with Crippen LogP contribution in [0.3, 0.4) is 0 Å². The molecule has 0 aliphatic rings. The van der Waals surface area contributed by atoms with Crippen molar-refractivity contribution in [1.29, 1.82) is 0 Å². The third-order valence-electron chi connectivity index (χ3n) is 4.57. The van der Waals surface area contributed by atoms with E-state index in [4.69, 9.17) is 4.52 Å². The van der Waals surface area contributed by atoms with Gasteiger partial charge in [0, 0.05) is 24.8 Å². The highest BCUT2D eigenvalue weighted by atomic mass is 16.5. The Morgan fingerprint density at radius 2 is 2.08 bits per heavy atom. The number of carbonyl (C=O) groups excluding carboxylic acids is 1. The lowest BCUT2D eigenvalue weighted by molar-refractivity contribution is 0.0929. The van der Waals surface area contributed by atoms with Gasteiger partial charge in [0.2, 0.25) is 0 Å². The lowest BCUT2D eigenvalue weighted by atomic mass is 10.1. The van der Waals surface area contributed by atoms with Crippen molar-refractivity contribution in [3.63, 3.8) is 0 Å². The molecule has 1 aromatic carbocycles. The van der Waals surface area contributed by atoms with E-state index in [-0.39, 0.29) is 17.6 Å². The number of benzene rings is 1. The minimum Gasteiger partial charge on any atom is -0.355 e. The molecule has 6 nitrogen and oxygen atoms in total. The number of hydrogen-bond donors (Lipinski definition) is 1. The molecule has 1 N–H and O–H groups in total. The molecule has 0 radical (unpaired) electrons. The standard InChI is InChI=1S/C20H24N4O2/c1-14(8-7-11-16-9-5-4-6-10-16)22-20(25)18-12-19(26-23-18)17-13-21-24(3)15(17)2/h4-6,9-10,12-14H,7-8,11H2,1-3H3,(H,22,25). The smallest absolute Gasteiger partial charge is 0.273 e. The van der Waals surface area contributed by atoms with Gasteiger partial charge in [0.15, 0.2) is 11.5 Å². The van der Waals surface area contributed by atoms with E-state index < -0.39 is 0 Å². The molecule has 3 aromatic rings. The molecular formula is C20H24N4O2. The van der Waals surface area contributed by atoms with Crippen molar-refractivity contribution in [1.82, 2.24) is 20.3 Å². The van der Waals surface area contributed by atoms with E-state index in [0.29, 0.717) is 5.76 Å². The van der Waals surface area contributed by atoms with Gasteiger partial charge in [0.05, 0.1) is 11.8 Å². The fourth-order valence-electron chi connectivity index (χ4n) is 2.88. The molecule has 0 aliphatic carbocycles. The Morgan fingerprint density at radius 3 is 2.77 bits per heavy atom. The third kappa shape index (κ3) is 4.20. The average Bonchev–Trinajstić information content (AvgIpc) is 3.24. The molecule has 2 aromatic heterocycles. The topological polar surface area (TPSA) is 73.0 Å². The number of nitrogens with one attached hydrogen (secondary N) is 1. The first-order chi connectivity index (χ1) is 12.5. The molecule has 0 bridgehead atoms. The first kappa shape index (κ1) is 17.9. The van der Waals surface area contributed by atoms with Gasteiger partial charge in [0.25, 0.3) is 5.91 Å². The van der Waals surface area contributed by atoms with E-state index in [0.717, 1.165) is 30.5 Å². The van der Waals surface area contributed by atoms with Crippen LogP contribution in [0.1, 0.15) is 41.5 Å². The second-order valence-electron chi connectivity index (χ2n) is 6.60. The first-order valence-corrected chi connectivity index (χ1v) is 8.85. The van der Waals surface area contributed by atoms with E-state index in [1.807, 2.05) is 39.1 Å². The Bertz CT molecular complexity index is 867. The predicted octanol–water partition coefficient (Wildman–Crippen LogP) is 3.52. The van der Waals surface area contributed by atoms with Crippen LogP contribution in [-0.2, 0) is 13.5 Å². The molecule has 0 saturated carbocycles. The molecule has 26 heavy (non-hydrogen) atoms. The van der Waals surface area contributed by atoms with Crippen LogP contribution in [0.25, 0.3) is 11.3 Å². The van der Waals surface area contributed by atoms with E-state index in [2.05, 4.69) is 27.7 Å². The summed E-state index contributed by atoms with van der Waals surface area (Å²) in [6.45, 7) is 3.95. The summed E-state index contributed by atoms with van der Waals surface area (Å²) in [5.74, 6) is 0.339. The van der Waals surface area contributed by atoms with Gasteiger partial charge in [-0.1, -0.05) is 35.5 Å². The largest absolute Gasteiger partial charge is 0.355 e. The zero-order valence-electron chi connectivity index (χ0n) is 15.4. The Morgan fingerprint density at radius 1 is 1.31 bits per heavy atom. The van der Waals surface area contributed by atoms with E-state index in [1.54, 1.807) is 16.9 Å². The lowest BCUT2D eigenvalue weighted by Crippen LogP contribution is -2.32. The third-order valence-corrected chi connectivity index (χ3v) is 4.57. The predicted molar refractivity (Wildman–Crippen MR) is 99.8 cm³/mol. The number of aryl methyl sites for hydroxylation is 2. The Kier molecular flexibility index (Phi) is 5.51. The van der Waals surface area contributed by atoms with Gasteiger partial charge in [-0.15, -0.1) is 0 Å². The van der Waals surface area contributed by atoms with Gasteiger partial charge >= 0.3 is 0 Å². The summed E-state index contributed by atoms with van der Waals surface area (Å²) < 4.78 is 7.08. The molecular weight excluding hydrogens is 328 g/mol.